The van der Waals surface area contributed by atoms with Gasteiger partial charge in [-0.05, 0) is 49.8 Å². The van der Waals surface area contributed by atoms with Crippen LogP contribution in [0.3, 0.4) is 0 Å². The van der Waals surface area contributed by atoms with Crippen LogP contribution in [0.25, 0.3) is 0 Å². The predicted octanol–water partition coefficient (Wildman–Crippen LogP) is 3.84. The van der Waals surface area contributed by atoms with Crippen molar-refractivity contribution in [1.29, 1.82) is 0 Å². The lowest BCUT2D eigenvalue weighted by molar-refractivity contribution is 0.143. The van der Waals surface area contributed by atoms with E-state index < -0.39 is 15.8 Å². The van der Waals surface area contributed by atoms with Crippen LogP contribution >= 0.6 is 12.2 Å². The minimum atomic E-state index is -2.12. The summed E-state index contributed by atoms with van der Waals surface area (Å²) in [5.74, 6) is 0.719. The number of nitrogens with zero attached hydrogens (tertiary/aromatic N) is 2. The number of cyclic esters (lactones) is 1. The largest absolute Gasteiger partial charge is 0.442 e. The first kappa shape index (κ1) is 22.0. The summed E-state index contributed by atoms with van der Waals surface area (Å²) in [5.41, 5.74) is 1.10. The third kappa shape index (κ3) is 5.25. The Morgan fingerprint density at radius 2 is 2.10 bits per heavy atom. The fraction of sp³-hybridized carbons (Fsp3) is 0.600. The van der Waals surface area contributed by atoms with E-state index in [1.54, 1.807) is 12.1 Å². The maximum Gasteiger partial charge on any atom is 0.414 e. The molecule has 29 heavy (non-hydrogen) atoms. The van der Waals surface area contributed by atoms with Crippen molar-refractivity contribution in [3.8, 4) is 0 Å². The van der Waals surface area contributed by atoms with Crippen LogP contribution in [0.2, 0.25) is 0 Å². The van der Waals surface area contributed by atoms with Crippen LogP contribution in [-0.4, -0.2) is 52.5 Å². The van der Waals surface area contributed by atoms with Gasteiger partial charge in [-0.15, -0.1) is 0 Å². The molecule has 2 fully saturated rings. The summed E-state index contributed by atoms with van der Waals surface area (Å²) >= 11 is 5.13. The predicted molar refractivity (Wildman–Crippen MR) is 118 cm³/mol. The first-order chi connectivity index (χ1) is 13.8. The van der Waals surface area contributed by atoms with Gasteiger partial charge in [0.05, 0.1) is 23.8 Å². The van der Waals surface area contributed by atoms with Crippen LogP contribution in [0.5, 0.6) is 0 Å². The Hall–Kier alpha value is -1.74. The summed E-state index contributed by atoms with van der Waals surface area (Å²) in [6.45, 7) is 5.19. The molecule has 0 spiro atoms. The molecule has 1 aromatic carbocycles. The number of nitrogens with one attached hydrogen (secondary N) is 1. The SMILES string of the molecule is CCN=S1(=O)CCC(c2ccc(N3C[C@H](CNC(=S)CC)OC3=O)cc2F)CC1. The van der Waals surface area contributed by atoms with E-state index in [-0.39, 0.29) is 17.8 Å². The van der Waals surface area contributed by atoms with E-state index in [0.29, 0.717) is 55.2 Å². The zero-order valence-corrected chi connectivity index (χ0v) is 18.5. The normalized spacial score (nSPS) is 26.9. The molecule has 0 aromatic heterocycles. The van der Waals surface area contributed by atoms with E-state index in [1.807, 2.05) is 13.8 Å². The van der Waals surface area contributed by atoms with Crippen molar-refractivity contribution >= 4 is 38.7 Å². The zero-order chi connectivity index (χ0) is 21.0. The van der Waals surface area contributed by atoms with Crippen molar-refractivity contribution in [2.24, 2.45) is 4.36 Å². The fourth-order valence-electron chi connectivity index (χ4n) is 3.78. The number of halogens is 1. The van der Waals surface area contributed by atoms with Crippen LogP contribution < -0.4 is 10.2 Å². The quantitative estimate of drug-likeness (QED) is 0.679. The molecule has 1 N–H and O–H groups in total. The van der Waals surface area contributed by atoms with Crippen molar-refractivity contribution in [2.75, 3.05) is 36.0 Å². The summed E-state index contributed by atoms with van der Waals surface area (Å²) in [6.07, 6.45) is 1.24. The highest BCUT2D eigenvalue weighted by Crippen LogP contribution is 2.34. The number of benzene rings is 1. The summed E-state index contributed by atoms with van der Waals surface area (Å²) in [6, 6.07) is 4.89. The van der Waals surface area contributed by atoms with Crippen molar-refractivity contribution in [3.05, 3.63) is 29.6 Å². The van der Waals surface area contributed by atoms with Gasteiger partial charge in [0.1, 0.15) is 11.9 Å². The zero-order valence-electron chi connectivity index (χ0n) is 16.9. The summed E-state index contributed by atoms with van der Waals surface area (Å²) in [7, 11) is -2.12. The second kappa shape index (κ2) is 9.38. The smallest absolute Gasteiger partial charge is 0.414 e. The number of hydrogen-bond acceptors (Lipinski definition) is 5. The van der Waals surface area contributed by atoms with E-state index in [9.17, 15) is 13.4 Å². The number of amides is 1. The molecule has 1 atom stereocenters. The van der Waals surface area contributed by atoms with Gasteiger partial charge < -0.3 is 10.1 Å². The molecule has 160 valence electrons. The lowest BCUT2D eigenvalue weighted by atomic mass is 9.93. The lowest BCUT2D eigenvalue weighted by Crippen LogP contribution is -2.33. The molecule has 0 aliphatic carbocycles. The van der Waals surface area contributed by atoms with Crippen molar-refractivity contribution in [2.45, 2.75) is 45.1 Å². The van der Waals surface area contributed by atoms with Gasteiger partial charge >= 0.3 is 6.09 Å². The average Bonchev–Trinajstić information content (AvgIpc) is 3.07. The van der Waals surface area contributed by atoms with E-state index in [4.69, 9.17) is 17.0 Å². The Morgan fingerprint density at radius 3 is 2.72 bits per heavy atom. The van der Waals surface area contributed by atoms with E-state index in [2.05, 4.69) is 9.68 Å². The molecule has 0 saturated carbocycles. The Bertz CT molecular complexity index is 885. The number of thiocarbonyl (C=S) groups is 1. The molecule has 2 aliphatic rings. The number of hydrogen-bond donors (Lipinski definition) is 1. The van der Waals surface area contributed by atoms with Gasteiger partial charge in [-0.1, -0.05) is 25.2 Å². The first-order valence-electron chi connectivity index (χ1n) is 10.1. The number of ether oxygens (including phenoxy) is 1. The second-order valence-corrected chi connectivity index (χ2v) is 10.5. The Balaban J connectivity index is 1.66. The fourth-order valence-corrected chi connectivity index (χ4v) is 6.10. The molecule has 2 heterocycles. The standard InChI is InChI=1S/C20H28FN3O3S2/c1-3-19(28)22-12-16-13-24(20(25)27-16)15-5-6-17(18(21)11-15)14-7-9-29(26,10-8-14)23-4-2/h5-6,11,14,16H,3-4,7-10,12-13H2,1-2H3,(H,22,28)/t14?,16-,29?/m0/s1. The van der Waals surface area contributed by atoms with Crippen LogP contribution in [0.4, 0.5) is 14.9 Å². The highest BCUT2D eigenvalue weighted by atomic mass is 32.2. The van der Waals surface area contributed by atoms with Crippen LogP contribution in [0.1, 0.15) is 44.6 Å². The first-order valence-corrected chi connectivity index (χ1v) is 12.3. The molecule has 1 aromatic rings. The Labute approximate surface area is 177 Å². The third-order valence-corrected chi connectivity index (χ3v) is 8.30. The van der Waals surface area contributed by atoms with Gasteiger partial charge in [0.2, 0.25) is 0 Å². The Kier molecular flexibility index (Phi) is 7.10. The van der Waals surface area contributed by atoms with Gasteiger partial charge in [-0.3, -0.25) is 4.90 Å². The van der Waals surface area contributed by atoms with Gasteiger partial charge in [0.15, 0.2) is 0 Å². The van der Waals surface area contributed by atoms with Crippen molar-refractivity contribution in [3.63, 3.8) is 0 Å². The molecule has 0 radical (unpaired) electrons. The average molecular weight is 442 g/mol. The van der Waals surface area contributed by atoms with E-state index >= 15 is 0 Å². The maximum atomic E-state index is 14.8. The van der Waals surface area contributed by atoms with E-state index in [0.717, 1.165) is 11.4 Å². The minimum absolute atomic E-state index is 0.0308. The van der Waals surface area contributed by atoms with E-state index in [1.165, 1.54) is 11.0 Å². The molecule has 3 rings (SSSR count). The number of anilines is 1. The van der Waals surface area contributed by atoms with Gasteiger partial charge in [0, 0.05) is 27.8 Å². The van der Waals surface area contributed by atoms with Crippen molar-refractivity contribution < 1.29 is 18.1 Å². The number of rotatable bonds is 6. The number of carbonyl (C=O) groups is 1. The van der Waals surface area contributed by atoms with Gasteiger partial charge in [-0.2, -0.15) is 0 Å². The summed E-state index contributed by atoms with van der Waals surface area (Å²) in [5, 5.41) is 3.07. The Morgan fingerprint density at radius 1 is 1.38 bits per heavy atom. The molecule has 2 aliphatic heterocycles. The molecule has 6 nitrogen and oxygen atoms in total. The highest BCUT2D eigenvalue weighted by Gasteiger charge is 2.33. The maximum absolute atomic E-state index is 14.8. The van der Waals surface area contributed by atoms with Gasteiger partial charge in [-0.25, -0.2) is 17.8 Å². The molecule has 1 amide bonds. The molecule has 9 heteroatoms. The second-order valence-electron chi connectivity index (χ2n) is 7.38. The summed E-state index contributed by atoms with van der Waals surface area (Å²) in [4.78, 5) is 14.4. The van der Waals surface area contributed by atoms with Crippen LogP contribution in [0.15, 0.2) is 22.6 Å². The van der Waals surface area contributed by atoms with Crippen molar-refractivity contribution in [1.82, 2.24) is 5.32 Å². The molecule has 0 unspecified atom stereocenters. The molecular weight excluding hydrogens is 413 g/mol. The van der Waals surface area contributed by atoms with Gasteiger partial charge in [0.25, 0.3) is 0 Å². The topological polar surface area (TPSA) is 71.0 Å². The molecule has 0 bridgehead atoms. The molecular formula is C20H28FN3O3S2. The highest BCUT2D eigenvalue weighted by molar-refractivity contribution is 7.93. The van der Waals surface area contributed by atoms with Crippen LogP contribution in [-0.2, 0) is 14.5 Å². The number of carbonyl (C=O) groups excluding carboxylic acids is 1. The minimum Gasteiger partial charge on any atom is -0.442 e. The van der Waals surface area contributed by atoms with Crippen LogP contribution in [0, 0.1) is 5.82 Å². The third-order valence-electron chi connectivity index (χ3n) is 5.39. The monoisotopic (exact) mass is 441 g/mol. The lowest BCUT2D eigenvalue weighted by Gasteiger charge is -2.25. The molecule has 2 saturated heterocycles. The summed E-state index contributed by atoms with van der Waals surface area (Å²) < 4.78 is 37.0.